The van der Waals surface area contributed by atoms with Crippen LogP contribution in [0.4, 0.5) is 18.9 Å². The maximum atomic E-state index is 13.6. The minimum absolute atomic E-state index is 0.101. The van der Waals surface area contributed by atoms with E-state index < -0.39 is 39.5 Å². The largest absolute Gasteiger partial charge is 0.497 e. The number of halogens is 3. The first-order valence-corrected chi connectivity index (χ1v) is 12.9. The highest BCUT2D eigenvalue weighted by molar-refractivity contribution is 7.89. The molecule has 40 heavy (non-hydrogen) atoms. The first-order valence-electron chi connectivity index (χ1n) is 11.3. The Kier molecular flexibility index (Phi) is 7.66. The van der Waals surface area contributed by atoms with Gasteiger partial charge in [-0.25, -0.2) is 23.0 Å². The number of nitrogens with zero attached hydrogens (tertiary/aromatic N) is 2. The van der Waals surface area contributed by atoms with Gasteiger partial charge in [0.15, 0.2) is 5.69 Å². The van der Waals surface area contributed by atoms with E-state index in [-0.39, 0.29) is 27.6 Å². The molecule has 14 heteroatoms. The minimum atomic E-state index is -4.89. The number of ether oxygens (including phenoxy) is 2. The molecular weight excluding hydrogens is 553 g/mol. The van der Waals surface area contributed by atoms with Gasteiger partial charge in [-0.15, -0.1) is 0 Å². The number of primary sulfonamides is 1. The zero-order valence-corrected chi connectivity index (χ0v) is 21.7. The van der Waals surface area contributed by atoms with Crippen LogP contribution >= 0.6 is 0 Å². The zero-order valence-electron chi connectivity index (χ0n) is 20.9. The van der Waals surface area contributed by atoms with Gasteiger partial charge in [0.05, 0.1) is 30.4 Å². The molecule has 1 aromatic heterocycles. The molecule has 10 nitrogen and oxygen atoms in total. The van der Waals surface area contributed by atoms with E-state index in [1.165, 1.54) is 61.7 Å². The first kappa shape index (κ1) is 28.3. The monoisotopic (exact) mass is 574 g/mol. The fraction of sp³-hybridized carbons (Fsp3) is 0.115. The summed E-state index contributed by atoms with van der Waals surface area (Å²) in [7, 11) is -1.59. The number of hydrogen-bond acceptors (Lipinski definition) is 7. The predicted molar refractivity (Wildman–Crippen MR) is 138 cm³/mol. The van der Waals surface area contributed by atoms with Gasteiger partial charge in [-0.3, -0.25) is 4.79 Å². The number of nitrogens with one attached hydrogen (secondary N) is 1. The van der Waals surface area contributed by atoms with Crippen LogP contribution in [0, 0.1) is 0 Å². The van der Waals surface area contributed by atoms with Crippen LogP contribution in [0.3, 0.4) is 0 Å². The van der Waals surface area contributed by atoms with E-state index in [0.29, 0.717) is 21.9 Å². The summed E-state index contributed by atoms with van der Waals surface area (Å²) in [5.74, 6) is -1.63. The standard InChI is InChI=1S/C26H21F3N4O6S/c1-38-17-11-12-20(19(13-17)25(35)39-2)33-21(14-23(32-33)26(27,28)29)24(34)31-16-9-7-15(8-10-16)18-5-3-4-6-22(18)40(30,36)37/h3-14H,1-2H3,(H,31,34)(H2,30,36,37). The quantitative estimate of drug-likeness (QED) is 0.314. The third-order valence-corrected chi connectivity index (χ3v) is 6.69. The molecule has 0 aliphatic rings. The summed E-state index contributed by atoms with van der Waals surface area (Å²) in [6.07, 6.45) is -4.89. The van der Waals surface area contributed by atoms with Gasteiger partial charge in [0.25, 0.3) is 5.91 Å². The number of aromatic nitrogens is 2. The van der Waals surface area contributed by atoms with Crippen LogP contribution < -0.4 is 15.2 Å². The van der Waals surface area contributed by atoms with E-state index in [1.807, 2.05) is 0 Å². The zero-order chi connectivity index (χ0) is 29.2. The average Bonchev–Trinajstić information content (AvgIpc) is 3.38. The van der Waals surface area contributed by atoms with E-state index in [4.69, 9.17) is 14.6 Å². The molecular formula is C26H21F3N4O6S. The van der Waals surface area contributed by atoms with Crippen molar-refractivity contribution >= 4 is 27.6 Å². The van der Waals surface area contributed by atoms with Crippen LogP contribution in [0.2, 0.25) is 0 Å². The lowest BCUT2D eigenvalue weighted by Crippen LogP contribution is -2.19. The van der Waals surface area contributed by atoms with Gasteiger partial charge in [-0.05, 0) is 42.0 Å². The molecule has 4 rings (SSSR count). The van der Waals surface area contributed by atoms with Crippen LogP contribution in [-0.2, 0) is 20.9 Å². The first-order chi connectivity index (χ1) is 18.8. The van der Waals surface area contributed by atoms with Gasteiger partial charge >= 0.3 is 12.1 Å². The third kappa shape index (κ3) is 5.82. The number of methoxy groups -OCH3 is 2. The SMILES string of the molecule is COC(=O)c1cc(OC)ccc1-n1nc(C(F)(F)F)cc1C(=O)Nc1ccc(-c2ccccc2S(N)(=O)=O)cc1. The lowest BCUT2D eigenvalue weighted by atomic mass is 10.1. The average molecular weight is 575 g/mol. The summed E-state index contributed by atoms with van der Waals surface area (Å²) in [6.45, 7) is 0. The summed E-state index contributed by atoms with van der Waals surface area (Å²) in [6, 6.07) is 16.4. The summed E-state index contributed by atoms with van der Waals surface area (Å²) in [5.41, 5.74) is -1.25. The number of anilines is 1. The molecule has 0 unspecified atom stereocenters. The lowest BCUT2D eigenvalue weighted by molar-refractivity contribution is -0.141. The molecule has 208 valence electrons. The van der Waals surface area contributed by atoms with Crippen LogP contribution in [0.5, 0.6) is 5.75 Å². The molecule has 0 aliphatic carbocycles. The second-order valence-electron chi connectivity index (χ2n) is 8.27. The van der Waals surface area contributed by atoms with Gasteiger partial charge in [0.2, 0.25) is 10.0 Å². The smallest absolute Gasteiger partial charge is 0.435 e. The molecule has 0 fully saturated rings. The molecule has 0 bridgehead atoms. The van der Waals surface area contributed by atoms with Crippen LogP contribution in [0.1, 0.15) is 26.5 Å². The third-order valence-electron chi connectivity index (χ3n) is 5.72. The number of nitrogens with two attached hydrogens (primary N) is 1. The highest BCUT2D eigenvalue weighted by Gasteiger charge is 2.36. The fourth-order valence-electron chi connectivity index (χ4n) is 3.85. The van der Waals surface area contributed by atoms with Crippen LogP contribution in [-0.4, -0.2) is 44.3 Å². The molecule has 0 atom stereocenters. The maximum Gasteiger partial charge on any atom is 0.435 e. The van der Waals surface area contributed by atoms with Crippen molar-refractivity contribution in [2.75, 3.05) is 19.5 Å². The van der Waals surface area contributed by atoms with E-state index in [9.17, 15) is 31.2 Å². The van der Waals surface area contributed by atoms with Gasteiger partial charge in [-0.2, -0.15) is 18.3 Å². The van der Waals surface area contributed by atoms with Crippen molar-refractivity contribution in [1.82, 2.24) is 9.78 Å². The van der Waals surface area contributed by atoms with Crippen molar-refractivity contribution in [3.63, 3.8) is 0 Å². The predicted octanol–water partition coefficient (Wildman–Crippen LogP) is 4.25. The Morgan fingerprint density at radius 1 is 0.975 bits per heavy atom. The lowest BCUT2D eigenvalue weighted by Gasteiger charge is -2.13. The molecule has 4 aromatic rings. The minimum Gasteiger partial charge on any atom is -0.497 e. The Balaban J connectivity index is 1.73. The normalized spacial score (nSPS) is 11.7. The van der Waals surface area contributed by atoms with Gasteiger partial charge < -0.3 is 14.8 Å². The number of alkyl halides is 3. The van der Waals surface area contributed by atoms with Gasteiger partial charge in [0.1, 0.15) is 11.4 Å². The maximum absolute atomic E-state index is 13.6. The van der Waals surface area contributed by atoms with Crippen molar-refractivity contribution in [3.8, 4) is 22.6 Å². The topological polar surface area (TPSA) is 143 Å². The van der Waals surface area contributed by atoms with Crippen molar-refractivity contribution < 1.29 is 40.7 Å². The van der Waals surface area contributed by atoms with Gasteiger partial charge in [-0.1, -0.05) is 30.3 Å². The van der Waals surface area contributed by atoms with Crippen molar-refractivity contribution in [2.24, 2.45) is 5.14 Å². The van der Waals surface area contributed by atoms with Gasteiger partial charge in [0, 0.05) is 17.3 Å². The Labute approximate surface area is 226 Å². The Hall–Kier alpha value is -4.69. The summed E-state index contributed by atoms with van der Waals surface area (Å²) >= 11 is 0. The van der Waals surface area contributed by atoms with E-state index >= 15 is 0 Å². The highest BCUT2D eigenvalue weighted by atomic mass is 32.2. The van der Waals surface area contributed by atoms with Crippen LogP contribution in [0.25, 0.3) is 16.8 Å². The van der Waals surface area contributed by atoms with E-state index in [1.54, 1.807) is 12.1 Å². The number of esters is 1. The number of carbonyl (C=O) groups is 2. The molecule has 0 saturated heterocycles. The molecule has 0 saturated carbocycles. The molecule has 3 N–H and O–H groups in total. The highest BCUT2D eigenvalue weighted by Crippen LogP contribution is 2.32. The molecule has 0 aliphatic heterocycles. The van der Waals surface area contributed by atoms with Crippen molar-refractivity contribution in [2.45, 2.75) is 11.1 Å². The van der Waals surface area contributed by atoms with E-state index in [0.717, 1.165) is 7.11 Å². The molecule has 1 heterocycles. The Bertz CT molecular complexity index is 1700. The Morgan fingerprint density at radius 3 is 2.25 bits per heavy atom. The molecule has 0 spiro atoms. The molecule has 0 radical (unpaired) electrons. The van der Waals surface area contributed by atoms with Crippen molar-refractivity contribution in [3.05, 3.63) is 89.7 Å². The number of hydrogen-bond donors (Lipinski definition) is 2. The second kappa shape index (κ2) is 10.8. The second-order valence-corrected chi connectivity index (χ2v) is 9.80. The Morgan fingerprint density at radius 2 is 1.65 bits per heavy atom. The number of rotatable bonds is 7. The number of sulfonamides is 1. The van der Waals surface area contributed by atoms with Crippen molar-refractivity contribution in [1.29, 1.82) is 0 Å². The molecule has 3 aromatic carbocycles. The molecule has 1 amide bonds. The number of benzene rings is 3. The van der Waals surface area contributed by atoms with Crippen LogP contribution in [0.15, 0.2) is 77.7 Å². The number of amides is 1. The summed E-state index contributed by atoms with van der Waals surface area (Å²) < 4.78 is 75.1. The summed E-state index contributed by atoms with van der Waals surface area (Å²) in [4.78, 5) is 25.5. The summed E-state index contributed by atoms with van der Waals surface area (Å²) in [5, 5.41) is 11.3. The van der Waals surface area contributed by atoms with E-state index in [2.05, 4.69) is 10.4 Å². The number of carbonyl (C=O) groups excluding carboxylic acids is 2. The fourth-order valence-corrected chi connectivity index (χ4v) is 4.61.